The van der Waals surface area contributed by atoms with Gasteiger partial charge >= 0.3 is 0 Å². The van der Waals surface area contributed by atoms with Gasteiger partial charge in [0.2, 0.25) is 0 Å². The Morgan fingerprint density at radius 3 is 2.84 bits per heavy atom. The van der Waals surface area contributed by atoms with Crippen molar-refractivity contribution in [2.24, 2.45) is 5.92 Å². The van der Waals surface area contributed by atoms with Crippen LogP contribution in [0.4, 0.5) is 0 Å². The Morgan fingerprint density at radius 2 is 2.16 bits per heavy atom. The van der Waals surface area contributed by atoms with Gasteiger partial charge in [0.1, 0.15) is 11.4 Å². The van der Waals surface area contributed by atoms with Crippen LogP contribution in [0, 0.1) is 5.92 Å². The molecule has 104 valence electrons. The minimum absolute atomic E-state index is 0.0348. The van der Waals surface area contributed by atoms with E-state index in [1.807, 2.05) is 0 Å². The summed E-state index contributed by atoms with van der Waals surface area (Å²) >= 11 is 0. The standard InChI is InChI=1S/C17H25NO/c1-4-9-18-16(12-5-6-12)13-7-8-15-14(10-13)11-17(2,3)19-15/h7-8,10,12,16,18H,4-6,9,11H2,1-3H3. The fraction of sp³-hybridized carbons (Fsp3) is 0.647. The van der Waals surface area contributed by atoms with Crippen molar-refractivity contribution in [3.05, 3.63) is 29.3 Å². The van der Waals surface area contributed by atoms with Crippen molar-refractivity contribution in [1.82, 2.24) is 5.32 Å². The molecular formula is C17H25NO. The van der Waals surface area contributed by atoms with E-state index in [1.54, 1.807) is 0 Å². The molecule has 1 aliphatic carbocycles. The van der Waals surface area contributed by atoms with Crippen molar-refractivity contribution in [1.29, 1.82) is 0 Å². The summed E-state index contributed by atoms with van der Waals surface area (Å²) < 4.78 is 5.97. The predicted octanol–water partition coefficient (Wildman–Crippen LogP) is 3.85. The Morgan fingerprint density at radius 1 is 1.37 bits per heavy atom. The lowest BCUT2D eigenvalue weighted by Gasteiger charge is -2.19. The minimum Gasteiger partial charge on any atom is -0.487 e. The summed E-state index contributed by atoms with van der Waals surface area (Å²) in [4.78, 5) is 0. The molecule has 1 atom stereocenters. The third-order valence-electron chi connectivity index (χ3n) is 4.15. The summed E-state index contributed by atoms with van der Waals surface area (Å²) in [6.07, 6.45) is 4.98. The second kappa shape index (κ2) is 4.82. The Bertz CT molecular complexity index is 462. The molecule has 0 spiro atoms. The van der Waals surface area contributed by atoms with Crippen LogP contribution in [0.1, 0.15) is 57.2 Å². The van der Waals surface area contributed by atoms with E-state index in [0.717, 1.165) is 24.6 Å². The molecule has 1 aliphatic heterocycles. The first-order valence-corrected chi connectivity index (χ1v) is 7.64. The topological polar surface area (TPSA) is 21.3 Å². The van der Waals surface area contributed by atoms with Crippen LogP contribution in [-0.2, 0) is 6.42 Å². The molecule has 1 N–H and O–H groups in total. The lowest BCUT2D eigenvalue weighted by atomic mass is 9.96. The molecule has 2 aliphatic rings. The summed E-state index contributed by atoms with van der Waals surface area (Å²) in [6.45, 7) is 7.68. The number of benzene rings is 1. The highest BCUT2D eigenvalue weighted by molar-refractivity contribution is 5.43. The fourth-order valence-electron chi connectivity index (χ4n) is 3.11. The van der Waals surface area contributed by atoms with E-state index >= 15 is 0 Å². The number of hydrogen-bond acceptors (Lipinski definition) is 2. The number of ether oxygens (including phenoxy) is 1. The maximum absolute atomic E-state index is 5.97. The van der Waals surface area contributed by atoms with Gasteiger partial charge in [-0.2, -0.15) is 0 Å². The van der Waals surface area contributed by atoms with Crippen LogP contribution in [0.15, 0.2) is 18.2 Å². The molecule has 2 nitrogen and oxygen atoms in total. The first kappa shape index (κ1) is 13.0. The third kappa shape index (κ3) is 2.79. The molecule has 2 heteroatoms. The normalized spacial score (nSPS) is 21.8. The Kier molecular flexibility index (Phi) is 3.30. The van der Waals surface area contributed by atoms with E-state index in [9.17, 15) is 0 Å². The molecule has 1 heterocycles. The van der Waals surface area contributed by atoms with Crippen molar-refractivity contribution < 1.29 is 4.74 Å². The van der Waals surface area contributed by atoms with E-state index in [0.29, 0.717) is 6.04 Å². The van der Waals surface area contributed by atoms with Gasteiger partial charge in [0.25, 0.3) is 0 Å². The van der Waals surface area contributed by atoms with Crippen molar-refractivity contribution in [2.75, 3.05) is 6.54 Å². The van der Waals surface area contributed by atoms with Crippen LogP contribution in [0.3, 0.4) is 0 Å². The largest absolute Gasteiger partial charge is 0.487 e. The maximum Gasteiger partial charge on any atom is 0.123 e. The van der Waals surface area contributed by atoms with Gasteiger partial charge in [-0.25, -0.2) is 0 Å². The summed E-state index contributed by atoms with van der Waals surface area (Å²) in [5, 5.41) is 3.72. The average molecular weight is 259 g/mol. The monoisotopic (exact) mass is 259 g/mol. The van der Waals surface area contributed by atoms with Gasteiger partial charge < -0.3 is 10.1 Å². The number of fused-ring (bicyclic) bond motifs is 1. The fourth-order valence-corrected chi connectivity index (χ4v) is 3.11. The Balaban J connectivity index is 1.81. The SMILES string of the molecule is CCCNC(c1ccc2c(c1)CC(C)(C)O2)C1CC1. The average Bonchev–Trinajstić information content (AvgIpc) is 3.12. The smallest absolute Gasteiger partial charge is 0.123 e. The number of hydrogen-bond donors (Lipinski definition) is 1. The van der Waals surface area contributed by atoms with Gasteiger partial charge in [0.05, 0.1) is 0 Å². The van der Waals surface area contributed by atoms with E-state index in [1.165, 1.54) is 30.4 Å². The third-order valence-corrected chi connectivity index (χ3v) is 4.15. The molecule has 19 heavy (non-hydrogen) atoms. The van der Waals surface area contributed by atoms with E-state index in [2.05, 4.69) is 44.3 Å². The van der Waals surface area contributed by atoms with Crippen LogP contribution in [0.2, 0.25) is 0 Å². The molecule has 3 rings (SSSR count). The molecular weight excluding hydrogens is 234 g/mol. The predicted molar refractivity (Wildman–Crippen MR) is 78.6 cm³/mol. The summed E-state index contributed by atoms with van der Waals surface area (Å²) in [5.41, 5.74) is 2.80. The molecule has 1 aromatic rings. The van der Waals surface area contributed by atoms with Gasteiger partial charge in [-0.15, -0.1) is 0 Å². The van der Waals surface area contributed by atoms with Crippen LogP contribution < -0.4 is 10.1 Å². The van der Waals surface area contributed by atoms with Gasteiger partial charge in [-0.3, -0.25) is 0 Å². The maximum atomic E-state index is 5.97. The molecule has 0 radical (unpaired) electrons. The quantitative estimate of drug-likeness (QED) is 0.867. The Hall–Kier alpha value is -1.02. The number of nitrogens with one attached hydrogen (secondary N) is 1. The highest BCUT2D eigenvalue weighted by Gasteiger charge is 2.34. The lowest BCUT2D eigenvalue weighted by molar-refractivity contribution is 0.138. The zero-order valence-corrected chi connectivity index (χ0v) is 12.3. The first-order chi connectivity index (χ1) is 9.09. The Labute approximate surface area is 116 Å². The van der Waals surface area contributed by atoms with E-state index in [-0.39, 0.29) is 5.60 Å². The minimum atomic E-state index is -0.0348. The van der Waals surface area contributed by atoms with Crippen molar-refractivity contribution in [2.45, 2.75) is 58.1 Å². The van der Waals surface area contributed by atoms with E-state index in [4.69, 9.17) is 4.74 Å². The molecule has 0 aromatic heterocycles. The van der Waals surface area contributed by atoms with Gasteiger partial charge in [-0.1, -0.05) is 19.1 Å². The molecule has 1 aromatic carbocycles. The van der Waals surface area contributed by atoms with Gasteiger partial charge in [0, 0.05) is 12.5 Å². The molecule has 0 amide bonds. The summed E-state index contributed by atoms with van der Waals surface area (Å²) in [7, 11) is 0. The van der Waals surface area contributed by atoms with Crippen molar-refractivity contribution in [3.8, 4) is 5.75 Å². The lowest BCUT2D eigenvalue weighted by Crippen LogP contribution is -2.24. The van der Waals surface area contributed by atoms with Crippen LogP contribution in [0.5, 0.6) is 5.75 Å². The highest BCUT2D eigenvalue weighted by Crippen LogP contribution is 2.43. The molecule has 1 saturated carbocycles. The molecule has 1 fully saturated rings. The van der Waals surface area contributed by atoms with E-state index < -0.39 is 0 Å². The zero-order chi connectivity index (χ0) is 13.5. The van der Waals surface area contributed by atoms with Crippen LogP contribution in [-0.4, -0.2) is 12.1 Å². The van der Waals surface area contributed by atoms with Crippen molar-refractivity contribution in [3.63, 3.8) is 0 Å². The van der Waals surface area contributed by atoms with Crippen LogP contribution in [0.25, 0.3) is 0 Å². The van der Waals surface area contributed by atoms with Crippen molar-refractivity contribution >= 4 is 0 Å². The molecule has 0 saturated heterocycles. The summed E-state index contributed by atoms with van der Waals surface area (Å²) in [5.74, 6) is 1.93. The first-order valence-electron chi connectivity index (χ1n) is 7.64. The number of rotatable bonds is 5. The highest BCUT2D eigenvalue weighted by atomic mass is 16.5. The summed E-state index contributed by atoms with van der Waals surface area (Å²) in [6, 6.07) is 7.35. The zero-order valence-electron chi connectivity index (χ0n) is 12.3. The molecule has 1 unspecified atom stereocenters. The van der Waals surface area contributed by atoms with Gasteiger partial charge in [0.15, 0.2) is 0 Å². The van der Waals surface area contributed by atoms with Gasteiger partial charge in [-0.05, 0) is 62.8 Å². The second-order valence-corrected chi connectivity index (χ2v) is 6.67. The second-order valence-electron chi connectivity index (χ2n) is 6.67. The molecule has 0 bridgehead atoms. The van der Waals surface area contributed by atoms with Crippen LogP contribution >= 0.6 is 0 Å².